The fourth-order valence-corrected chi connectivity index (χ4v) is 2.72. The summed E-state index contributed by atoms with van der Waals surface area (Å²) in [6, 6.07) is 0. The zero-order chi connectivity index (χ0) is 18.4. The van der Waals surface area contributed by atoms with Crippen molar-refractivity contribution in [2.24, 2.45) is 0 Å². The molecule has 1 aliphatic heterocycles. The first-order valence-electron chi connectivity index (χ1n) is 7.59. The van der Waals surface area contributed by atoms with Crippen LogP contribution < -0.4 is 10.9 Å². The number of nitrogens with one attached hydrogen (secondary N) is 1. The maximum Gasteiger partial charge on any atom is 0.296 e. The highest BCUT2D eigenvalue weighted by atomic mass is 35.5. The topological polar surface area (TPSA) is 119 Å². The highest BCUT2D eigenvalue weighted by molar-refractivity contribution is 6.31. The molecule has 0 unspecified atom stereocenters. The summed E-state index contributed by atoms with van der Waals surface area (Å²) in [5.41, 5.74) is -1.41. The number of amides is 1. The zero-order valence-corrected chi connectivity index (χ0v) is 14.7. The molecule has 3 heterocycles. The van der Waals surface area contributed by atoms with Crippen molar-refractivity contribution < 1.29 is 19.2 Å². The highest BCUT2D eigenvalue weighted by Gasteiger charge is 2.34. The Morgan fingerprint density at radius 2 is 2.20 bits per heavy atom. The molecular weight excluding hydrogens is 352 g/mol. The van der Waals surface area contributed by atoms with Gasteiger partial charge in [-0.2, -0.15) is 0 Å². The molecule has 2 aromatic rings. The molecule has 2 N–H and O–H groups in total. The van der Waals surface area contributed by atoms with Crippen LogP contribution in [0.1, 0.15) is 41.6 Å². The van der Waals surface area contributed by atoms with E-state index in [1.807, 2.05) is 0 Å². The summed E-state index contributed by atoms with van der Waals surface area (Å²) < 4.78 is 11.9. The smallest absolute Gasteiger partial charge is 0.296 e. The number of halogens is 1. The number of aromatic nitrogens is 3. The number of aryl methyl sites for hydroxylation is 1. The van der Waals surface area contributed by atoms with Crippen molar-refractivity contribution in [1.82, 2.24) is 20.0 Å². The lowest BCUT2D eigenvalue weighted by Crippen LogP contribution is -2.42. The lowest BCUT2D eigenvalue weighted by atomic mass is 10.1. The number of rotatable bonds is 3. The molecule has 0 radical (unpaired) electrons. The van der Waals surface area contributed by atoms with Gasteiger partial charge in [0.1, 0.15) is 16.4 Å². The van der Waals surface area contributed by atoms with Crippen LogP contribution in [-0.2, 0) is 23.4 Å². The molecule has 0 fully saturated rings. The first kappa shape index (κ1) is 17.4. The lowest BCUT2D eigenvalue weighted by molar-refractivity contribution is -0.0566. The fraction of sp³-hybridized carbons (Fsp3) is 0.467. The third kappa shape index (κ3) is 3.00. The van der Waals surface area contributed by atoms with E-state index in [1.165, 1.54) is 4.57 Å². The van der Waals surface area contributed by atoms with Crippen molar-refractivity contribution in [2.45, 2.75) is 39.5 Å². The van der Waals surface area contributed by atoms with E-state index < -0.39 is 22.8 Å². The largest absolute Gasteiger partial charge is 0.501 e. The molecule has 0 atom stereocenters. The van der Waals surface area contributed by atoms with Crippen molar-refractivity contribution in [1.29, 1.82) is 0 Å². The SMILES string of the molecule is Cc1noc(CNC(=O)c2nc3n(c(=O)c2O)CCOC3(C)C)c1Cl. The molecule has 0 bridgehead atoms. The molecule has 3 rings (SSSR count). The van der Waals surface area contributed by atoms with E-state index in [-0.39, 0.29) is 30.4 Å². The number of hydrogen-bond donors (Lipinski definition) is 2. The average Bonchev–Trinajstić information content (AvgIpc) is 2.87. The van der Waals surface area contributed by atoms with Crippen molar-refractivity contribution in [3.8, 4) is 5.75 Å². The predicted molar refractivity (Wildman–Crippen MR) is 86.6 cm³/mol. The molecule has 0 aromatic carbocycles. The molecule has 10 heteroatoms. The fourth-order valence-electron chi connectivity index (χ4n) is 2.59. The summed E-state index contributed by atoms with van der Waals surface area (Å²) in [5.74, 6) is -0.895. The Morgan fingerprint density at radius 1 is 1.48 bits per heavy atom. The molecule has 1 aliphatic rings. The summed E-state index contributed by atoms with van der Waals surface area (Å²) in [6.45, 7) is 5.65. The van der Waals surface area contributed by atoms with E-state index in [0.29, 0.717) is 17.3 Å². The monoisotopic (exact) mass is 368 g/mol. The second-order valence-corrected chi connectivity index (χ2v) is 6.51. The van der Waals surface area contributed by atoms with Crippen LogP contribution in [0.2, 0.25) is 5.02 Å². The van der Waals surface area contributed by atoms with Crippen molar-refractivity contribution in [3.63, 3.8) is 0 Å². The van der Waals surface area contributed by atoms with E-state index in [4.69, 9.17) is 20.9 Å². The van der Waals surface area contributed by atoms with Gasteiger partial charge in [0.25, 0.3) is 11.5 Å². The number of hydrogen-bond acceptors (Lipinski definition) is 7. The van der Waals surface area contributed by atoms with Gasteiger partial charge in [0, 0.05) is 0 Å². The summed E-state index contributed by atoms with van der Waals surface area (Å²) in [6.07, 6.45) is 0. The second kappa shape index (κ2) is 6.16. The molecule has 0 aliphatic carbocycles. The first-order valence-corrected chi connectivity index (χ1v) is 7.97. The van der Waals surface area contributed by atoms with Crippen molar-refractivity contribution in [3.05, 3.63) is 38.3 Å². The number of aromatic hydroxyl groups is 1. The Labute approximate surface area is 147 Å². The van der Waals surface area contributed by atoms with Gasteiger partial charge < -0.3 is 19.7 Å². The van der Waals surface area contributed by atoms with E-state index in [0.717, 1.165) is 0 Å². The molecule has 0 spiro atoms. The Bertz CT molecular complexity index is 902. The van der Waals surface area contributed by atoms with Crippen LogP contribution in [0.3, 0.4) is 0 Å². The van der Waals surface area contributed by atoms with E-state index >= 15 is 0 Å². The Balaban J connectivity index is 1.92. The third-order valence-corrected chi connectivity index (χ3v) is 4.43. The highest BCUT2D eigenvalue weighted by Crippen LogP contribution is 2.27. The number of fused-ring (bicyclic) bond motifs is 1. The number of nitrogens with zero attached hydrogens (tertiary/aromatic N) is 3. The Kier molecular flexibility index (Phi) is 4.29. The van der Waals surface area contributed by atoms with E-state index in [2.05, 4.69) is 15.5 Å². The number of carbonyl (C=O) groups excluding carboxylic acids is 1. The van der Waals surface area contributed by atoms with Crippen LogP contribution in [0, 0.1) is 6.92 Å². The normalized spacial score (nSPS) is 15.7. The van der Waals surface area contributed by atoms with Gasteiger partial charge in [-0.15, -0.1) is 0 Å². The van der Waals surface area contributed by atoms with Crippen molar-refractivity contribution >= 4 is 17.5 Å². The maximum absolute atomic E-state index is 12.4. The van der Waals surface area contributed by atoms with Gasteiger partial charge in [-0.1, -0.05) is 16.8 Å². The van der Waals surface area contributed by atoms with Gasteiger partial charge in [-0.3, -0.25) is 14.2 Å². The minimum Gasteiger partial charge on any atom is -0.501 e. The Morgan fingerprint density at radius 3 is 2.84 bits per heavy atom. The van der Waals surface area contributed by atoms with Crippen LogP contribution in [0.4, 0.5) is 0 Å². The van der Waals surface area contributed by atoms with Crippen LogP contribution >= 0.6 is 11.6 Å². The van der Waals surface area contributed by atoms with Crippen LogP contribution in [0.5, 0.6) is 5.75 Å². The molecule has 0 saturated carbocycles. The van der Waals surface area contributed by atoms with Gasteiger partial charge in [0.05, 0.1) is 25.4 Å². The predicted octanol–water partition coefficient (Wildman–Crippen LogP) is 1.09. The van der Waals surface area contributed by atoms with Gasteiger partial charge >= 0.3 is 0 Å². The first-order chi connectivity index (χ1) is 11.7. The zero-order valence-electron chi connectivity index (χ0n) is 13.9. The lowest BCUT2D eigenvalue weighted by Gasteiger charge is -2.32. The molecule has 134 valence electrons. The van der Waals surface area contributed by atoms with Crippen LogP contribution in [-0.4, -0.2) is 32.3 Å². The standard InChI is InChI=1S/C15H17ClN4O5/c1-7-9(16)8(25-19-7)6-17-12(22)10-11(21)13(23)20-4-5-24-15(2,3)14(20)18-10/h21H,4-6H2,1-3H3,(H,17,22). The van der Waals surface area contributed by atoms with Gasteiger partial charge in [-0.25, -0.2) is 4.98 Å². The maximum atomic E-state index is 12.4. The molecule has 2 aromatic heterocycles. The van der Waals surface area contributed by atoms with E-state index in [9.17, 15) is 14.7 Å². The van der Waals surface area contributed by atoms with Crippen molar-refractivity contribution in [2.75, 3.05) is 6.61 Å². The average molecular weight is 369 g/mol. The summed E-state index contributed by atoms with van der Waals surface area (Å²) in [4.78, 5) is 28.9. The second-order valence-electron chi connectivity index (χ2n) is 6.14. The summed E-state index contributed by atoms with van der Waals surface area (Å²) in [5, 5.41) is 16.6. The van der Waals surface area contributed by atoms with Gasteiger partial charge in [-0.05, 0) is 20.8 Å². The molecule has 25 heavy (non-hydrogen) atoms. The van der Waals surface area contributed by atoms with Gasteiger partial charge in [0.2, 0.25) is 5.75 Å². The number of ether oxygens (including phenoxy) is 1. The summed E-state index contributed by atoms with van der Waals surface area (Å²) >= 11 is 5.98. The Hall–Kier alpha value is -2.39. The molecular formula is C15H17ClN4O5. The molecule has 0 saturated heterocycles. The quantitative estimate of drug-likeness (QED) is 0.832. The molecule has 9 nitrogen and oxygen atoms in total. The third-order valence-electron chi connectivity index (χ3n) is 3.94. The van der Waals surface area contributed by atoms with E-state index in [1.54, 1.807) is 20.8 Å². The number of carbonyl (C=O) groups is 1. The minimum atomic E-state index is -0.856. The minimum absolute atomic E-state index is 0.0576. The van der Waals surface area contributed by atoms with Crippen LogP contribution in [0.25, 0.3) is 0 Å². The molecule has 1 amide bonds. The summed E-state index contributed by atoms with van der Waals surface area (Å²) in [7, 11) is 0. The van der Waals surface area contributed by atoms with Gasteiger partial charge in [0.15, 0.2) is 11.5 Å². The van der Waals surface area contributed by atoms with Crippen LogP contribution in [0.15, 0.2) is 9.32 Å².